The fraction of sp³-hybridized carbons (Fsp3) is 0.200. The van der Waals surface area contributed by atoms with Crippen molar-refractivity contribution in [2.24, 2.45) is 0 Å². The average molecular weight is 307 g/mol. The van der Waals surface area contributed by atoms with Gasteiger partial charge < -0.3 is 10.1 Å². The lowest BCUT2D eigenvalue weighted by molar-refractivity contribution is -0.384. The summed E-state index contributed by atoms with van der Waals surface area (Å²) in [7, 11) is 1.64. The Morgan fingerprint density at radius 3 is 2.62 bits per heavy atom. The van der Waals surface area contributed by atoms with E-state index in [4.69, 9.17) is 16.3 Å². The molecule has 5 nitrogen and oxygen atoms in total. The molecule has 0 amide bonds. The van der Waals surface area contributed by atoms with Crippen LogP contribution in [0.1, 0.15) is 11.1 Å². The molecule has 0 aromatic heterocycles. The minimum Gasteiger partial charge on any atom is -0.380 e. The van der Waals surface area contributed by atoms with Gasteiger partial charge in [-0.25, -0.2) is 0 Å². The van der Waals surface area contributed by atoms with Crippen LogP contribution in [-0.4, -0.2) is 12.0 Å². The number of benzene rings is 2. The van der Waals surface area contributed by atoms with Gasteiger partial charge in [0.2, 0.25) is 0 Å². The maximum Gasteiger partial charge on any atom is 0.271 e. The van der Waals surface area contributed by atoms with E-state index in [1.165, 1.54) is 18.2 Å². The van der Waals surface area contributed by atoms with Crippen LogP contribution in [0.5, 0.6) is 0 Å². The molecule has 2 aromatic rings. The van der Waals surface area contributed by atoms with Crippen LogP contribution in [0.2, 0.25) is 5.02 Å². The molecule has 0 saturated heterocycles. The molecule has 6 heteroatoms. The van der Waals surface area contributed by atoms with Crippen LogP contribution in [-0.2, 0) is 17.9 Å². The number of halogens is 1. The maximum absolute atomic E-state index is 10.8. The number of hydrogen-bond donors (Lipinski definition) is 1. The number of non-ortho nitro benzene ring substituents is 1. The van der Waals surface area contributed by atoms with E-state index < -0.39 is 4.92 Å². The van der Waals surface area contributed by atoms with Gasteiger partial charge in [-0.1, -0.05) is 35.9 Å². The van der Waals surface area contributed by atoms with Crippen LogP contribution in [0.3, 0.4) is 0 Å². The molecule has 110 valence electrons. The smallest absolute Gasteiger partial charge is 0.271 e. The number of nitro benzene ring substituents is 1. The second-order valence-corrected chi connectivity index (χ2v) is 4.88. The van der Waals surface area contributed by atoms with Crippen molar-refractivity contribution in [2.75, 3.05) is 12.4 Å². The van der Waals surface area contributed by atoms with E-state index in [2.05, 4.69) is 5.32 Å². The van der Waals surface area contributed by atoms with Crippen LogP contribution in [0.15, 0.2) is 42.5 Å². The topological polar surface area (TPSA) is 64.4 Å². The lowest BCUT2D eigenvalue weighted by Gasteiger charge is -2.12. The normalized spacial score (nSPS) is 10.4. The van der Waals surface area contributed by atoms with E-state index in [0.717, 1.165) is 11.1 Å². The number of anilines is 1. The molecule has 0 spiro atoms. The second-order valence-electron chi connectivity index (χ2n) is 4.48. The van der Waals surface area contributed by atoms with Gasteiger partial charge in [-0.05, 0) is 17.2 Å². The van der Waals surface area contributed by atoms with Crippen LogP contribution in [0, 0.1) is 10.1 Å². The molecular weight excluding hydrogens is 292 g/mol. The summed E-state index contributed by atoms with van der Waals surface area (Å²) in [5.74, 6) is 0. The molecule has 1 N–H and O–H groups in total. The minimum absolute atomic E-state index is 0.00655. The Morgan fingerprint density at radius 2 is 1.95 bits per heavy atom. The van der Waals surface area contributed by atoms with Crippen molar-refractivity contribution in [3.05, 3.63) is 68.7 Å². The van der Waals surface area contributed by atoms with Crippen molar-refractivity contribution in [1.82, 2.24) is 0 Å². The molecule has 0 unspecified atom stereocenters. The fourth-order valence-corrected chi connectivity index (χ4v) is 2.16. The summed E-state index contributed by atoms with van der Waals surface area (Å²) >= 11 is 6.06. The number of nitrogens with one attached hydrogen (secondary N) is 1. The van der Waals surface area contributed by atoms with Gasteiger partial charge in [-0.15, -0.1) is 0 Å². The first-order chi connectivity index (χ1) is 10.1. The quantitative estimate of drug-likeness (QED) is 0.647. The van der Waals surface area contributed by atoms with Gasteiger partial charge in [0.15, 0.2) is 0 Å². The average Bonchev–Trinajstić information content (AvgIpc) is 2.48. The highest BCUT2D eigenvalue weighted by Gasteiger charge is 2.10. The zero-order valence-corrected chi connectivity index (χ0v) is 12.3. The summed E-state index contributed by atoms with van der Waals surface area (Å²) < 4.78 is 5.15. The fourth-order valence-electron chi connectivity index (χ4n) is 1.98. The van der Waals surface area contributed by atoms with Gasteiger partial charge in [0.25, 0.3) is 5.69 Å². The highest BCUT2D eigenvalue weighted by molar-refractivity contribution is 6.33. The van der Waals surface area contributed by atoms with Crippen molar-refractivity contribution in [3.63, 3.8) is 0 Å². The third-order valence-electron chi connectivity index (χ3n) is 3.05. The predicted octanol–water partition coefficient (Wildman–Crippen LogP) is 4.01. The molecule has 0 fully saturated rings. The number of nitrogens with zero attached hydrogens (tertiary/aromatic N) is 1. The highest BCUT2D eigenvalue weighted by Crippen LogP contribution is 2.27. The molecule has 0 saturated carbocycles. The van der Waals surface area contributed by atoms with Crippen LogP contribution in [0.4, 0.5) is 11.4 Å². The Balaban J connectivity index is 2.16. The van der Waals surface area contributed by atoms with Crippen molar-refractivity contribution >= 4 is 23.0 Å². The van der Waals surface area contributed by atoms with Gasteiger partial charge in [-0.2, -0.15) is 0 Å². The van der Waals surface area contributed by atoms with E-state index >= 15 is 0 Å². The van der Waals surface area contributed by atoms with Crippen LogP contribution < -0.4 is 5.32 Å². The summed E-state index contributed by atoms with van der Waals surface area (Å²) in [6.45, 7) is 1.03. The molecule has 0 atom stereocenters. The largest absolute Gasteiger partial charge is 0.380 e. The molecule has 21 heavy (non-hydrogen) atoms. The lowest BCUT2D eigenvalue weighted by atomic mass is 10.1. The molecule has 0 aliphatic carbocycles. The van der Waals surface area contributed by atoms with Crippen LogP contribution in [0.25, 0.3) is 0 Å². The third kappa shape index (κ3) is 3.93. The Labute approximate surface area is 127 Å². The van der Waals surface area contributed by atoms with Crippen LogP contribution >= 0.6 is 11.6 Å². The maximum atomic E-state index is 10.8. The van der Waals surface area contributed by atoms with Gasteiger partial charge in [0.1, 0.15) is 0 Å². The van der Waals surface area contributed by atoms with E-state index in [-0.39, 0.29) is 5.69 Å². The SMILES string of the molecule is COCc1ccccc1CNc1cc([N+](=O)[O-])ccc1Cl. The Kier molecular flexibility index (Phi) is 5.14. The number of methoxy groups -OCH3 is 1. The Hall–Kier alpha value is -2.11. The first kappa shape index (κ1) is 15.3. The molecule has 2 rings (SSSR count). The Bertz CT molecular complexity index is 647. The summed E-state index contributed by atoms with van der Waals surface area (Å²) in [5.41, 5.74) is 2.67. The first-order valence-corrected chi connectivity index (χ1v) is 6.73. The number of nitro groups is 1. The van der Waals surface area contributed by atoms with Gasteiger partial charge >= 0.3 is 0 Å². The van der Waals surface area contributed by atoms with Gasteiger partial charge in [-0.3, -0.25) is 10.1 Å². The first-order valence-electron chi connectivity index (χ1n) is 6.35. The summed E-state index contributed by atoms with van der Waals surface area (Å²) in [5, 5.41) is 14.4. The summed E-state index contributed by atoms with van der Waals surface area (Å²) in [6.07, 6.45) is 0. The van der Waals surface area contributed by atoms with Gasteiger partial charge in [0.05, 0.1) is 22.2 Å². The van der Waals surface area contributed by atoms with Gasteiger partial charge in [0, 0.05) is 25.8 Å². The standard InChI is InChI=1S/C15H15ClN2O3/c1-21-10-12-5-3-2-4-11(12)9-17-15-8-13(18(19)20)6-7-14(15)16/h2-8,17H,9-10H2,1H3. The second kappa shape index (κ2) is 7.06. The number of ether oxygens (including phenoxy) is 1. The van der Waals surface area contributed by atoms with E-state index in [0.29, 0.717) is 23.9 Å². The van der Waals surface area contributed by atoms with Crippen molar-refractivity contribution < 1.29 is 9.66 Å². The van der Waals surface area contributed by atoms with E-state index in [1.54, 1.807) is 7.11 Å². The molecule has 0 aliphatic heterocycles. The van der Waals surface area contributed by atoms with Crippen molar-refractivity contribution in [3.8, 4) is 0 Å². The highest BCUT2D eigenvalue weighted by atomic mass is 35.5. The van der Waals surface area contributed by atoms with E-state index in [9.17, 15) is 10.1 Å². The molecule has 0 heterocycles. The van der Waals surface area contributed by atoms with Crippen molar-refractivity contribution in [1.29, 1.82) is 0 Å². The van der Waals surface area contributed by atoms with Crippen molar-refractivity contribution in [2.45, 2.75) is 13.2 Å². The zero-order chi connectivity index (χ0) is 15.2. The molecule has 0 bridgehead atoms. The molecule has 0 aliphatic rings. The minimum atomic E-state index is -0.444. The molecule has 2 aromatic carbocycles. The Morgan fingerprint density at radius 1 is 1.24 bits per heavy atom. The monoisotopic (exact) mass is 306 g/mol. The van der Waals surface area contributed by atoms with E-state index in [1.807, 2.05) is 24.3 Å². The number of rotatable bonds is 6. The molecule has 0 radical (unpaired) electrons. The third-order valence-corrected chi connectivity index (χ3v) is 3.38. The summed E-state index contributed by atoms with van der Waals surface area (Å²) in [6, 6.07) is 12.2. The number of hydrogen-bond acceptors (Lipinski definition) is 4. The predicted molar refractivity (Wildman–Crippen MR) is 82.6 cm³/mol. The summed E-state index contributed by atoms with van der Waals surface area (Å²) in [4.78, 5) is 10.4. The molecular formula is C15H15ClN2O3. The zero-order valence-electron chi connectivity index (χ0n) is 11.5. The lowest BCUT2D eigenvalue weighted by Crippen LogP contribution is -2.04.